The Bertz CT molecular complexity index is 648. The van der Waals surface area contributed by atoms with Crippen LogP contribution in [-0.4, -0.2) is 62.1 Å². The monoisotopic (exact) mass is 314 g/mol. The molecule has 1 saturated heterocycles. The van der Waals surface area contributed by atoms with E-state index in [-0.39, 0.29) is 5.91 Å². The van der Waals surface area contributed by atoms with Gasteiger partial charge in [0.15, 0.2) is 0 Å². The molecule has 23 heavy (non-hydrogen) atoms. The van der Waals surface area contributed by atoms with Gasteiger partial charge in [0.05, 0.1) is 12.4 Å². The summed E-state index contributed by atoms with van der Waals surface area (Å²) in [6.07, 6.45) is 8.50. The number of likely N-dealkylation sites (tertiary alicyclic amines) is 1. The molecule has 1 fully saturated rings. The molecule has 0 atom stereocenters. The third kappa shape index (κ3) is 3.56. The Hall–Kier alpha value is -2.28. The summed E-state index contributed by atoms with van der Waals surface area (Å²) >= 11 is 0. The van der Waals surface area contributed by atoms with E-state index in [1.807, 2.05) is 18.0 Å². The minimum atomic E-state index is -0.0233. The van der Waals surface area contributed by atoms with E-state index in [0.717, 1.165) is 38.2 Å². The highest BCUT2D eigenvalue weighted by atomic mass is 16.2. The Morgan fingerprint density at radius 3 is 2.74 bits per heavy atom. The van der Waals surface area contributed by atoms with Crippen LogP contribution in [0.3, 0.4) is 0 Å². The first-order chi connectivity index (χ1) is 11.1. The summed E-state index contributed by atoms with van der Waals surface area (Å²) in [6, 6.07) is 0.482. The number of aromatic nitrogens is 4. The third-order valence-electron chi connectivity index (χ3n) is 4.51. The van der Waals surface area contributed by atoms with Crippen molar-refractivity contribution in [1.82, 2.24) is 30.0 Å². The van der Waals surface area contributed by atoms with Gasteiger partial charge in [-0.25, -0.2) is 4.98 Å². The minimum absolute atomic E-state index is 0.0233. The number of aryl methyl sites for hydroxylation is 1. The van der Waals surface area contributed by atoms with Crippen molar-refractivity contribution in [2.75, 3.05) is 20.1 Å². The number of H-pyrrole nitrogens is 1. The number of carbonyl (C=O) groups is 1. The van der Waals surface area contributed by atoms with E-state index in [1.54, 1.807) is 12.4 Å². The molecule has 122 valence electrons. The number of piperidine rings is 1. The average Bonchev–Trinajstić information content (AvgIpc) is 3.00. The van der Waals surface area contributed by atoms with Gasteiger partial charge < -0.3 is 4.90 Å². The zero-order valence-electron chi connectivity index (χ0n) is 13.6. The summed E-state index contributed by atoms with van der Waals surface area (Å²) in [4.78, 5) is 24.7. The molecule has 3 heterocycles. The Balaban J connectivity index is 1.54. The van der Waals surface area contributed by atoms with E-state index < -0.39 is 0 Å². The predicted octanol–water partition coefficient (Wildman–Crippen LogP) is 1.24. The van der Waals surface area contributed by atoms with Crippen LogP contribution in [0.25, 0.3) is 0 Å². The number of nitrogens with zero attached hydrogens (tertiary/aromatic N) is 5. The van der Waals surface area contributed by atoms with E-state index in [2.05, 4.69) is 32.1 Å². The predicted molar refractivity (Wildman–Crippen MR) is 85.7 cm³/mol. The largest absolute Gasteiger partial charge is 0.337 e. The highest BCUT2D eigenvalue weighted by molar-refractivity contribution is 5.92. The second-order valence-corrected chi connectivity index (χ2v) is 6.05. The molecular formula is C16H22N6O. The van der Waals surface area contributed by atoms with Crippen molar-refractivity contribution in [2.24, 2.45) is 0 Å². The summed E-state index contributed by atoms with van der Waals surface area (Å²) < 4.78 is 0. The molecule has 0 spiro atoms. The van der Waals surface area contributed by atoms with Crippen LogP contribution >= 0.6 is 0 Å². The summed E-state index contributed by atoms with van der Waals surface area (Å²) in [7, 11) is 2.14. The number of hydrogen-bond donors (Lipinski definition) is 1. The van der Waals surface area contributed by atoms with Gasteiger partial charge in [0.1, 0.15) is 5.69 Å². The van der Waals surface area contributed by atoms with Crippen molar-refractivity contribution in [3.63, 3.8) is 0 Å². The topological polar surface area (TPSA) is 78.0 Å². The molecule has 7 heteroatoms. The molecule has 2 aromatic rings. The highest BCUT2D eigenvalue weighted by Crippen LogP contribution is 2.19. The number of rotatable bonds is 4. The zero-order valence-corrected chi connectivity index (χ0v) is 13.6. The Morgan fingerprint density at radius 1 is 1.35 bits per heavy atom. The molecule has 1 N–H and O–H groups in total. The molecule has 0 aliphatic carbocycles. The molecular weight excluding hydrogens is 292 g/mol. The molecule has 0 aromatic carbocycles. The summed E-state index contributed by atoms with van der Waals surface area (Å²) in [5, 5.41) is 7.05. The maximum Gasteiger partial charge on any atom is 0.274 e. The second kappa shape index (κ2) is 6.87. The van der Waals surface area contributed by atoms with Crippen molar-refractivity contribution >= 4 is 5.91 Å². The van der Waals surface area contributed by atoms with E-state index in [4.69, 9.17) is 0 Å². The summed E-state index contributed by atoms with van der Waals surface area (Å²) in [6.45, 7) is 4.44. The lowest BCUT2D eigenvalue weighted by Gasteiger charge is -2.36. The van der Waals surface area contributed by atoms with E-state index in [0.29, 0.717) is 11.7 Å². The minimum Gasteiger partial charge on any atom is -0.337 e. The molecule has 1 amide bonds. The van der Waals surface area contributed by atoms with Gasteiger partial charge in [0, 0.05) is 49.3 Å². The van der Waals surface area contributed by atoms with Gasteiger partial charge in [0.25, 0.3) is 5.91 Å². The molecule has 3 rings (SSSR count). The van der Waals surface area contributed by atoms with Crippen molar-refractivity contribution in [3.8, 4) is 0 Å². The lowest BCUT2D eigenvalue weighted by Crippen LogP contribution is -2.45. The molecule has 0 bridgehead atoms. The van der Waals surface area contributed by atoms with Crippen molar-refractivity contribution in [2.45, 2.75) is 32.4 Å². The lowest BCUT2D eigenvalue weighted by atomic mass is 10.0. The standard InChI is InChI=1S/C16H22N6O/c1-12-13(9-19-20-12)11-21(2)14-3-7-22(8-4-14)16(23)15-10-17-5-6-18-15/h5-6,9-10,14H,3-4,7-8,11H2,1-2H3,(H,19,20). The summed E-state index contributed by atoms with van der Waals surface area (Å²) in [5.41, 5.74) is 2.77. The number of nitrogens with one attached hydrogen (secondary N) is 1. The maximum absolute atomic E-state index is 12.4. The maximum atomic E-state index is 12.4. The van der Waals surface area contributed by atoms with Gasteiger partial charge in [-0.3, -0.25) is 19.8 Å². The molecule has 2 aromatic heterocycles. The first kappa shape index (κ1) is 15.6. The van der Waals surface area contributed by atoms with Crippen LogP contribution in [0.1, 0.15) is 34.6 Å². The quantitative estimate of drug-likeness (QED) is 0.919. The first-order valence-corrected chi connectivity index (χ1v) is 7.89. The Morgan fingerprint density at radius 2 is 2.13 bits per heavy atom. The fourth-order valence-electron chi connectivity index (χ4n) is 3.01. The lowest BCUT2D eigenvalue weighted by molar-refractivity contribution is 0.0633. The van der Waals surface area contributed by atoms with Crippen molar-refractivity contribution in [1.29, 1.82) is 0 Å². The van der Waals surface area contributed by atoms with Gasteiger partial charge in [-0.2, -0.15) is 5.10 Å². The van der Waals surface area contributed by atoms with Crippen LogP contribution in [0.5, 0.6) is 0 Å². The zero-order chi connectivity index (χ0) is 16.2. The number of aromatic amines is 1. The summed E-state index contributed by atoms with van der Waals surface area (Å²) in [5.74, 6) is -0.0233. The van der Waals surface area contributed by atoms with E-state index in [9.17, 15) is 4.79 Å². The van der Waals surface area contributed by atoms with Gasteiger partial charge >= 0.3 is 0 Å². The first-order valence-electron chi connectivity index (χ1n) is 7.89. The average molecular weight is 314 g/mol. The molecule has 1 aliphatic rings. The van der Waals surface area contributed by atoms with Gasteiger partial charge in [-0.1, -0.05) is 0 Å². The second-order valence-electron chi connectivity index (χ2n) is 6.05. The number of amides is 1. The Kier molecular flexibility index (Phi) is 4.66. The Labute approximate surface area is 135 Å². The molecule has 7 nitrogen and oxygen atoms in total. The molecule has 1 aliphatic heterocycles. The van der Waals surface area contributed by atoms with Gasteiger partial charge in [0.2, 0.25) is 0 Å². The van der Waals surface area contributed by atoms with Crippen LogP contribution in [0, 0.1) is 6.92 Å². The molecule has 0 radical (unpaired) electrons. The number of carbonyl (C=O) groups excluding carboxylic acids is 1. The number of hydrogen-bond acceptors (Lipinski definition) is 5. The fourth-order valence-corrected chi connectivity index (χ4v) is 3.01. The van der Waals surface area contributed by atoms with Crippen molar-refractivity contribution < 1.29 is 4.79 Å². The fraction of sp³-hybridized carbons (Fsp3) is 0.500. The molecule has 0 unspecified atom stereocenters. The van der Waals surface area contributed by atoms with Crippen LogP contribution in [0.4, 0.5) is 0 Å². The smallest absolute Gasteiger partial charge is 0.274 e. The van der Waals surface area contributed by atoms with Gasteiger partial charge in [-0.05, 0) is 26.8 Å². The van der Waals surface area contributed by atoms with Crippen LogP contribution in [-0.2, 0) is 6.54 Å². The van der Waals surface area contributed by atoms with Crippen LogP contribution < -0.4 is 0 Å². The van der Waals surface area contributed by atoms with E-state index >= 15 is 0 Å². The highest BCUT2D eigenvalue weighted by Gasteiger charge is 2.26. The van der Waals surface area contributed by atoms with Crippen LogP contribution in [0.15, 0.2) is 24.8 Å². The normalized spacial score (nSPS) is 16.0. The van der Waals surface area contributed by atoms with E-state index in [1.165, 1.54) is 11.8 Å². The van der Waals surface area contributed by atoms with Crippen LogP contribution in [0.2, 0.25) is 0 Å². The molecule has 0 saturated carbocycles. The third-order valence-corrected chi connectivity index (χ3v) is 4.51. The van der Waals surface area contributed by atoms with Crippen molar-refractivity contribution in [3.05, 3.63) is 41.7 Å². The SMILES string of the molecule is Cc1[nH]ncc1CN(C)C1CCN(C(=O)c2cnccn2)CC1. The van der Waals surface area contributed by atoms with Gasteiger partial charge in [-0.15, -0.1) is 0 Å².